The van der Waals surface area contributed by atoms with Crippen LogP contribution in [0.15, 0.2) is 72.8 Å². The summed E-state index contributed by atoms with van der Waals surface area (Å²) in [6, 6.07) is 19.6. The fourth-order valence-corrected chi connectivity index (χ4v) is 5.49. The first kappa shape index (κ1) is 39.4. The lowest BCUT2D eigenvalue weighted by molar-refractivity contribution is -0.154. The van der Waals surface area contributed by atoms with Gasteiger partial charge in [-0.05, 0) is 91.4 Å². The number of aromatic nitrogens is 6. The van der Waals surface area contributed by atoms with Gasteiger partial charge in [-0.3, -0.25) is 14.4 Å². The van der Waals surface area contributed by atoms with Gasteiger partial charge in [0.25, 0.3) is 5.91 Å². The van der Waals surface area contributed by atoms with Crippen LogP contribution in [0.5, 0.6) is 6.01 Å². The Morgan fingerprint density at radius 2 is 1.46 bits per heavy atom. The van der Waals surface area contributed by atoms with E-state index in [9.17, 15) is 27.6 Å². The van der Waals surface area contributed by atoms with E-state index >= 15 is 0 Å². The quantitative estimate of drug-likeness (QED) is 0.0730. The van der Waals surface area contributed by atoms with Crippen molar-refractivity contribution in [1.29, 1.82) is 0 Å². The van der Waals surface area contributed by atoms with Crippen LogP contribution in [0.2, 0.25) is 5.02 Å². The van der Waals surface area contributed by atoms with Crippen molar-refractivity contribution >= 4 is 52.6 Å². The van der Waals surface area contributed by atoms with Crippen molar-refractivity contribution < 1.29 is 32.3 Å². The molecule has 1 aliphatic carbocycles. The number of anilines is 4. The number of nitrogens with zero attached hydrogens (tertiary/aromatic N) is 5. The van der Waals surface area contributed by atoms with Crippen molar-refractivity contribution in [2.45, 2.75) is 45.3 Å². The van der Waals surface area contributed by atoms with Gasteiger partial charge in [-0.25, -0.2) is 0 Å². The van der Waals surface area contributed by atoms with Crippen LogP contribution < -0.4 is 31.3 Å². The van der Waals surface area contributed by atoms with E-state index in [1.165, 1.54) is 12.1 Å². The van der Waals surface area contributed by atoms with Gasteiger partial charge in [0.1, 0.15) is 5.82 Å². The lowest BCUT2D eigenvalue weighted by Crippen LogP contribution is -2.44. The smallest absolute Gasteiger partial charge is 0.422 e. The van der Waals surface area contributed by atoms with Gasteiger partial charge in [0.05, 0.1) is 5.54 Å². The Morgan fingerprint density at radius 1 is 0.821 bits per heavy atom. The number of halogens is 4. The zero-order valence-corrected chi connectivity index (χ0v) is 31.1. The maximum absolute atomic E-state index is 13.0. The number of hydrogen-bond donors (Lipinski definition) is 6. The van der Waals surface area contributed by atoms with E-state index in [0.717, 1.165) is 24.0 Å². The molecule has 1 aliphatic rings. The molecule has 2 aromatic heterocycles. The van der Waals surface area contributed by atoms with Crippen LogP contribution in [0.3, 0.4) is 0 Å². The summed E-state index contributed by atoms with van der Waals surface area (Å²) < 4.78 is 43.7. The Kier molecular flexibility index (Phi) is 11.4. The number of rotatable bonds is 14. The van der Waals surface area contributed by atoms with Gasteiger partial charge in [0.15, 0.2) is 12.4 Å². The lowest BCUT2D eigenvalue weighted by Gasteiger charge is -2.25. The van der Waals surface area contributed by atoms with Gasteiger partial charge in [-0.1, -0.05) is 37.6 Å². The number of carbonyl (C=O) groups excluding carboxylic acids is 3. The number of hydrogen-bond acceptors (Lipinski definition) is 11. The van der Waals surface area contributed by atoms with Gasteiger partial charge in [-0.15, -0.1) is 10.2 Å². The van der Waals surface area contributed by atoms with Gasteiger partial charge >= 0.3 is 24.0 Å². The van der Waals surface area contributed by atoms with Crippen molar-refractivity contribution in [3.8, 4) is 17.4 Å². The number of alkyl halides is 3. The molecule has 292 valence electrons. The molecule has 0 atom stereocenters. The van der Waals surface area contributed by atoms with Gasteiger partial charge in [-0.2, -0.15) is 28.1 Å². The molecule has 0 saturated heterocycles. The average molecular weight is 792 g/mol. The number of amides is 3. The summed E-state index contributed by atoms with van der Waals surface area (Å²) in [5.74, 6) is -0.916. The zero-order chi connectivity index (χ0) is 40.1. The first-order valence-electron chi connectivity index (χ1n) is 17.3. The fraction of sp³-hybridized carbons (Fsp3) is 0.297. The predicted octanol–water partition coefficient (Wildman–Crippen LogP) is 5.92. The summed E-state index contributed by atoms with van der Waals surface area (Å²) in [4.78, 5) is 53.5. The second kappa shape index (κ2) is 16.2. The summed E-state index contributed by atoms with van der Waals surface area (Å²) in [7, 11) is 0. The number of aromatic amines is 1. The minimum atomic E-state index is -4.61. The number of H-pyrrole nitrogens is 1. The van der Waals surface area contributed by atoms with Gasteiger partial charge in [0, 0.05) is 40.6 Å². The maximum atomic E-state index is 13.0. The molecule has 0 unspecified atom stereocenters. The first-order chi connectivity index (χ1) is 26.5. The van der Waals surface area contributed by atoms with Crippen LogP contribution in [0.25, 0.3) is 11.4 Å². The molecule has 1 fully saturated rings. The van der Waals surface area contributed by atoms with E-state index in [4.69, 9.17) is 16.3 Å². The maximum Gasteiger partial charge on any atom is 0.422 e. The van der Waals surface area contributed by atoms with Crippen molar-refractivity contribution in [1.82, 2.24) is 40.8 Å². The number of carbonyl (C=O) groups is 3. The Labute approximate surface area is 323 Å². The average Bonchev–Trinajstić information content (AvgIpc) is 3.81. The van der Waals surface area contributed by atoms with Crippen LogP contribution >= 0.6 is 11.6 Å². The summed E-state index contributed by atoms with van der Waals surface area (Å²) in [6.45, 7) is 4.06. The second-order valence-corrected chi connectivity index (χ2v) is 14.3. The van der Waals surface area contributed by atoms with Crippen LogP contribution in [-0.2, 0) is 15.1 Å². The molecule has 0 spiro atoms. The number of ether oxygens (including phenoxy) is 1. The molecule has 56 heavy (non-hydrogen) atoms. The van der Waals surface area contributed by atoms with E-state index in [-0.39, 0.29) is 25.0 Å². The Balaban J connectivity index is 1.01. The van der Waals surface area contributed by atoms with Crippen LogP contribution in [0, 0.1) is 12.3 Å². The molecule has 3 aromatic carbocycles. The predicted molar refractivity (Wildman–Crippen MR) is 201 cm³/mol. The molecule has 6 N–H and O–H groups in total. The lowest BCUT2D eigenvalue weighted by atomic mass is 9.93. The second-order valence-electron chi connectivity index (χ2n) is 13.9. The highest BCUT2D eigenvalue weighted by molar-refractivity contribution is 6.39. The topological polar surface area (TPSA) is 201 Å². The molecule has 0 radical (unpaired) electrons. The number of aryl methyl sites for hydroxylation is 1. The highest BCUT2D eigenvalue weighted by Gasteiger charge is 2.45. The molecule has 15 nitrogen and oxygen atoms in total. The van der Waals surface area contributed by atoms with E-state index in [0.29, 0.717) is 33.6 Å². The van der Waals surface area contributed by atoms with Gasteiger partial charge in [0.2, 0.25) is 11.9 Å². The minimum absolute atomic E-state index is 0.00654. The molecular formula is C37H37ClF3N11O4. The Morgan fingerprint density at radius 3 is 2.09 bits per heavy atom. The number of benzene rings is 3. The van der Waals surface area contributed by atoms with E-state index in [1.807, 2.05) is 26.0 Å². The molecule has 5 aromatic rings. The molecule has 0 bridgehead atoms. The molecule has 0 aliphatic heterocycles. The van der Waals surface area contributed by atoms with Crippen molar-refractivity contribution in [3.63, 3.8) is 0 Å². The van der Waals surface area contributed by atoms with Crippen LogP contribution in [0.1, 0.15) is 48.4 Å². The monoisotopic (exact) mass is 791 g/mol. The molecule has 1 saturated carbocycles. The molecule has 3 amide bonds. The highest BCUT2D eigenvalue weighted by Crippen LogP contribution is 2.48. The molecule has 19 heteroatoms. The van der Waals surface area contributed by atoms with E-state index in [2.05, 4.69) is 56.7 Å². The fourth-order valence-electron chi connectivity index (χ4n) is 5.37. The summed E-state index contributed by atoms with van der Waals surface area (Å²) >= 11 is 6.04. The van der Waals surface area contributed by atoms with Crippen molar-refractivity contribution in [2.75, 3.05) is 35.6 Å². The highest BCUT2D eigenvalue weighted by atomic mass is 35.5. The van der Waals surface area contributed by atoms with E-state index < -0.39 is 47.5 Å². The molecule has 2 heterocycles. The normalized spacial score (nSPS) is 13.3. The minimum Gasteiger partial charge on any atom is -0.454 e. The largest absolute Gasteiger partial charge is 0.454 e. The summed E-state index contributed by atoms with van der Waals surface area (Å²) in [5.41, 5.74) is 1.68. The zero-order valence-electron chi connectivity index (χ0n) is 30.3. The van der Waals surface area contributed by atoms with Gasteiger partial charge < -0.3 is 36.3 Å². The summed E-state index contributed by atoms with van der Waals surface area (Å²) in [5, 5.41) is 22.6. The number of nitrogens with one attached hydrogen (secondary N) is 6. The van der Waals surface area contributed by atoms with Crippen molar-refractivity contribution in [2.24, 2.45) is 5.41 Å². The first-order valence-corrected chi connectivity index (χ1v) is 17.7. The SMILES string of the molecule is Cc1nnc(-c2ccc(NC(=O)C(=O)NCC(C)(C)CNC(=O)c3ccc(Nc4nc(NC5(c6ccc(Cl)cc6)CC5)nc(OCC(F)(F)F)n4)cc3)cc2)[nH]1. The Hall–Kier alpha value is -6.30. The van der Waals surface area contributed by atoms with Crippen LogP contribution in [0.4, 0.5) is 36.4 Å². The van der Waals surface area contributed by atoms with Crippen molar-refractivity contribution in [3.05, 3.63) is 94.8 Å². The third-order valence-electron chi connectivity index (χ3n) is 8.56. The van der Waals surface area contributed by atoms with E-state index in [1.54, 1.807) is 55.5 Å². The standard InChI is InChI=1S/C37H37ClF3N11O4/c1-21-44-28(52-51-21)22-4-12-26(13-5-22)45-31(55)30(54)43-19-35(2,3)18-42-29(53)23-6-14-27(15-7-23)46-32-47-33(49-34(48-32)56-20-37(39,40)41)50-36(16-17-36)24-8-10-25(38)11-9-24/h4-15H,16-20H2,1-3H3,(H,42,53)(H,43,54)(H,45,55)(H,44,51,52)(H2,46,47,48,49,50). The third kappa shape index (κ3) is 10.7. The Bertz CT molecular complexity index is 2190. The third-order valence-corrected chi connectivity index (χ3v) is 8.81. The summed E-state index contributed by atoms with van der Waals surface area (Å²) in [6.07, 6.45) is -3.15. The molecular weight excluding hydrogens is 755 g/mol. The van der Waals surface area contributed by atoms with Crippen LogP contribution in [-0.4, -0.2) is 73.7 Å². The molecule has 6 rings (SSSR count).